The fourth-order valence-electron chi connectivity index (χ4n) is 2.28. The van der Waals surface area contributed by atoms with Crippen molar-refractivity contribution < 1.29 is 28.2 Å². The number of fused-ring (bicyclic) bond motifs is 1. The molecule has 6 nitrogen and oxygen atoms in total. The molecule has 0 unspecified atom stereocenters. The first kappa shape index (κ1) is 18.0. The van der Waals surface area contributed by atoms with Crippen molar-refractivity contribution in [1.29, 1.82) is 0 Å². The highest BCUT2D eigenvalue weighted by atomic mass is 35.5. The van der Waals surface area contributed by atoms with Crippen LogP contribution < -0.4 is 14.8 Å². The first-order valence-corrected chi connectivity index (χ1v) is 8.16. The van der Waals surface area contributed by atoms with E-state index in [-0.39, 0.29) is 18.2 Å². The standard InChI is InChI=1S/C18H15ClFNO5/c19-13-7-12(20)6-5-11(13)8-21-17(22)10-25-18(23)16-9-24-14-3-1-2-4-15(14)26-16/h1-7,16H,8-10H2,(H,21,22)/t16-/m1/s1. The lowest BCUT2D eigenvalue weighted by molar-refractivity contribution is -0.157. The summed E-state index contributed by atoms with van der Waals surface area (Å²) in [6.07, 6.45) is -0.941. The van der Waals surface area contributed by atoms with Gasteiger partial charge in [-0.3, -0.25) is 4.79 Å². The summed E-state index contributed by atoms with van der Waals surface area (Å²) in [5.41, 5.74) is 0.549. The summed E-state index contributed by atoms with van der Waals surface area (Å²) in [6.45, 7) is -0.381. The van der Waals surface area contributed by atoms with Crippen LogP contribution in [0.1, 0.15) is 5.56 Å². The fourth-order valence-corrected chi connectivity index (χ4v) is 2.51. The van der Waals surface area contributed by atoms with Crippen molar-refractivity contribution in [2.45, 2.75) is 12.6 Å². The molecule has 1 amide bonds. The van der Waals surface area contributed by atoms with Gasteiger partial charge in [0.15, 0.2) is 18.1 Å². The number of benzene rings is 2. The van der Waals surface area contributed by atoms with Gasteiger partial charge in [-0.2, -0.15) is 0 Å². The topological polar surface area (TPSA) is 73.9 Å². The Morgan fingerprint density at radius 3 is 2.77 bits per heavy atom. The van der Waals surface area contributed by atoms with Crippen LogP contribution in [0.5, 0.6) is 11.5 Å². The van der Waals surface area contributed by atoms with Gasteiger partial charge in [0.05, 0.1) is 0 Å². The smallest absolute Gasteiger partial charge is 0.351 e. The number of carbonyl (C=O) groups excluding carboxylic acids is 2. The van der Waals surface area contributed by atoms with E-state index in [1.165, 1.54) is 12.1 Å². The van der Waals surface area contributed by atoms with Crippen LogP contribution in [0.15, 0.2) is 42.5 Å². The van der Waals surface area contributed by atoms with Crippen molar-refractivity contribution in [2.75, 3.05) is 13.2 Å². The van der Waals surface area contributed by atoms with Gasteiger partial charge in [0, 0.05) is 11.6 Å². The van der Waals surface area contributed by atoms with Crippen molar-refractivity contribution >= 4 is 23.5 Å². The SMILES string of the molecule is O=C(COC(=O)[C@H]1COc2ccccc2O1)NCc1ccc(F)cc1Cl. The maximum Gasteiger partial charge on any atom is 0.351 e. The third kappa shape index (κ3) is 4.43. The minimum Gasteiger partial charge on any atom is -0.485 e. The summed E-state index contributed by atoms with van der Waals surface area (Å²) >= 11 is 5.88. The lowest BCUT2D eigenvalue weighted by Crippen LogP contribution is -2.39. The van der Waals surface area contributed by atoms with Crippen LogP contribution in [0.4, 0.5) is 4.39 Å². The summed E-state index contributed by atoms with van der Waals surface area (Å²) in [4.78, 5) is 23.8. The molecule has 26 heavy (non-hydrogen) atoms. The maximum absolute atomic E-state index is 13.0. The Morgan fingerprint density at radius 2 is 2.00 bits per heavy atom. The van der Waals surface area contributed by atoms with Crippen molar-refractivity contribution in [3.05, 3.63) is 58.9 Å². The van der Waals surface area contributed by atoms with E-state index in [1.54, 1.807) is 24.3 Å². The lowest BCUT2D eigenvalue weighted by Gasteiger charge is -2.24. The second-order valence-corrected chi connectivity index (χ2v) is 5.89. The molecule has 2 aromatic carbocycles. The Bertz CT molecular complexity index is 829. The Kier molecular flexibility index (Phi) is 5.58. The molecule has 0 spiro atoms. The Labute approximate surface area is 153 Å². The molecule has 1 atom stereocenters. The average molecular weight is 380 g/mol. The van der Waals surface area contributed by atoms with Crippen molar-refractivity contribution in [2.24, 2.45) is 0 Å². The number of halogens is 2. The van der Waals surface area contributed by atoms with Crippen LogP contribution in [-0.2, 0) is 20.9 Å². The predicted molar refractivity (Wildman–Crippen MR) is 90.6 cm³/mol. The summed E-state index contributed by atoms with van der Waals surface area (Å²) in [5, 5.41) is 2.74. The van der Waals surface area contributed by atoms with Crippen molar-refractivity contribution in [3.8, 4) is 11.5 Å². The molecule has 2 aromatic rings. The van der Waals surface area contributed by atoms with E-state index in [4.69, 9.17) is 25.8 Å². The van der Waals surface area contributed by atoms with Crippen molar-refractivity contribution in [1.82, 2.24) is 5.32 Å². The second-order valence-electron chi connectivity index (χ2n) is 5.48. The van der Waals surface area contributed by atoms with E-state index in [0.717, 1.165) is 6.07 Å². The Hall–Kier alpha value is -2.80. The number of hydrogen-bond donors (Lipinski definition) is 1. The largest absolute Gasteiger partial charge is 0.485 e. The Balaban J connectivity index is 1.45. The zero-order valence-electron chi connectivity index (χ0n) is 13.5. The number of ether oxygens (including phenoxy) is 3. The lowest BCUT2D eigenvalue weighted by atomic mass is 10.2. The molecule has 1 heterocycles. The summed E-state index contributed by atoms with van der Waals surface area (Å²) < 4.78 is 28.8. The van der Waals surface area contributed by atoms with Crippen LogP contribution in [0.25, 0.3) is 0 Å². The van der Waals surface area contributed by atoms with Crippen LogP contribution in [-0.4, -0.2) is 31.2 Å². The van der Waals surface area contributed by atoms with Gasteiger partial charge in [-0.15, -0.1) is 0 Å². The van der Waals surface area contributed by atoms with Crippen LogP contribution >= 0.6 is 11.6 Å². The molecule has 0 fully saturated rings. The fraction of sp³-hybridized carbons (Fsp3) is 0.222. The van der Waals surface area contributed by atoms with E-state index in [9.17, 15) is 14.0 Å². The van der Waals surface area contributed by atoms with Gasteiger partial charge in [-0.1, -0.05) is 29.8 Å². The molecule has 1 N–H and O–H groups in total. The molecule has 3 rings (SSSR count). The number of hydrogen-bond acceptors (Lipinski definition) is 5. The quantitative estimate of drug-likeness (QED) is 0.808. The summed E-state index contributed by atoms with van der Waals surface area (Å²) in [7, 11) is 0. The van der Waals surface area contributed by atoms with Gasteiger partial charge in [-0.25, -0.2) is 9.18 Å². The third-order valence-electron chi connectivity index (χ3n) is 3.61. The minimum absolute atomic E-state index is 0.00263. The molecule has 0 bridgehead atoms. The van der Waals surface area contributed by atoms with Crippen LogP contribution in [0.3, 0.4) is 0 Å². The first-order chi connectivity index (χ1) is 12.5. The molecule has 8 heteroatoms. The maximum atomic E-state index is 13.0. The second kappa shape index (κ2) is 8.05. The number of carbonyl (C=O) groups is 2. The normalized spacial score (nSPS) is 15.2. The molecule has 0 saturated carbocycles. The van der Waals surface area contributed by atoms with E-state index in [1.807, 2.05) is 0 Å². The van der Waals surface area contributed by atoms with E-state index in [0.29, 0.717) is 17.1 Å². The average Bonchev–Trinajstić information content (AvgIpc) is 2.65. The van der Waals surface area contributed by atoms with Crippen LogP contribution in [0, 0.1) is 5.82 Å². The zero-order chi connectivity index (χ0) is 18.5. The number of nitrogens with one attached hydrogen (secondary N) is 1. The molecule has 0 radical (unpaired) electrons. The number of rotatable bonds is 5. The first-order valence-electron chi connectivity index (χ1n) is 7.78. The third-order valence-corrected chi connectivity index (χ3v) is 3.96. The summed E-state index contributed by atoms with van der Waals surface area (Å²) in [5.74, 6) is -0.692. The molecular formula is C18H15ClFNO5. The van der Waals surface area contributed by atoms with Gasteiger partial charge in [0.2, 0.25) is 6.10 Å². The molecular weight excluding hydrogens is 365 g/mol. The van der Waals surface area contributed by atoms with Gasteiger partial charge >= 0.3 is 5.97 Å². The molecule has 0 aliphatic carbocycles. The highest BCUT2D eigenvalue weighted by Gasteiger charge is 2.29. The van der Waals surface area contributed by atoms with Gasteiger partial charge in [-0.05, 0) is 29.8 Å². The van der Waals surface area contributed by atoms with E-state index in [2.05, 4.69) is 5.32 Å². The predicted octanol–water partition coefficient (Wildman–Crippen LogP) is 2.48. The van der Waals surface area contributed by atoms with E-state index < -0.39 is 30.4 Å². The zero-order valence-corrected chi connectivity index (χ0v) is 14.3. The molecule has 0 saturated heterocycles. The number of amides is 1. The van der Waals surface area contributed by atoms with Gasteiger partial charge < -0.3 is 19.5 Å². The number of para-hydroxylation sites is 2. The van der Waals surface area contributed by atoms with E-state index >= 15 is 0 Å². The molecule has 136 valence electrons. The highest BCUT2D eigenvalue weighted by molar-refractivity contribution is 6.31. The highest BCUT2D eigenvalue weighted by Crippen LogP contribution is 2.31. The van der Waals surface area contributed by atoms with Gasteiger partial charge in [0.25, 0.3) is 5.91 Å². The monoisotopic (exact) mass is 379 g/mol. The molecule has 1 aliphatic rings. The van der Waals surface area contributed by atoms with Crippen molar-refractivity contribution in [3.63, 3.8) is 0 Å². The number of esters is 1. The van der Waals surface area contributed by atoms with Crippen LogP contribution in [0.2, 0.25) is 5.02 Å². The summed E-state index contributed by atoms with van der Waals surface area (Å²) in [6, 6.07) is 10.8. The molecule has 0 aromatic heterocycles. The minimum atomic E-state index is -0.941. The molecule has 1 aliphatic heterocycles. The van der Waals surface area contributed by atoms with Gasteiger partial charge in [0.1, 0.15) is 12.4 Å². The Morgan fingerprint density at radius 1 is 1.23 bits per heavy atom.